The Bertz CT molecular complexity index is 593. The van der Waals surface area contributed by atoms with Crippen molar-refractivity contribution in [2.75, 3.05) is 7.05 Å². The van der Waals surface area contributed by atoms with Gasteiger partial charge in [0.2, 0.25) is 0 Å². The first-order valence-electron chi connectivity index (χ1n) is 6.07. The maximum Gasteiger partial charge on any atom is 0.133 e. The van der Waals surface area contributed by atoms with E-state index in [0.717, 1.165) is 5.56 Å². The van der Waals surface area contributed by atoms with Gasteiger partial charge in [0.25, 0.3) is 0 Å². The fraction of sp³-hybridized carbons (Fsp3) is 0.200. The standard InChI is InChI=1S/C15H13ClF3N/c1-20-14(6-9-3-2-4-10(16)5-9)15-12(18)7-11(17)8-13(15)19/h2-5,7-8,14,20H,6H2,1H3. The van der Waals surface area contributed by atoms with Crippen LogP contribution in [0.1, 0.15) is 17.2 Å². The highest BCUT2D eigenvalue weighted by Crippen LogP contribution is 2.25. The molecule has 0 saturated carbocycles. The van der Waals surface area contributed by atoms with Crippen LogP contribution in [0.25, 0.3) is 0 Å². The molecule has 0 amide bonds. The van der Waals surface area contributed by atoms with Crippen LogP contribution >= 0.6 is 11.6 Å². The lowest BCUT2D eigenvalue weighted by molar-refractivity contribution is 0.475. The van der Waals surface area contributed by atoms with E-state index in [9.17, 15) is 13.2 Å². The number of halogens is 4. The number of benzene rings is 2. The van der Waals surface area contributed by atoms with Crippen molar-refractivity contribution in [2.45, 2.75) is 12.5 Å². The normalized spacial score (nSPS) is 12.4. The predicted molar refractivity (Wildman–Crippen MR) is 73.3 cm³/mol. The smallest absolute Gasteiger partial charge is 0.133 e. The summed E-state index contributed by atoms with van der Waals surface area (Å²) in [5.74, 6) is -2.73. The first kappa shape index (κ1) is 14.9. The van der Waals surface area contributed by atoms with Gasteiger partial charge in [-0.25, -0.2) is 13.2 Å². The van der Waals surface area contributed by atoms with Gasteiger partial charge in [0, 0.05) is 28.8 Å². The zero-order valence-electron chi connectivity index (χ0n) is 10.8. The topological polar surface area (TPSA) is 12.0 Å². The number of hydrogen-bond donors (Lipinski definition) is 1. The van der Waals surface area contributed by atoms with Gasteiger partial charge >= 0.3 is 0 Å². The van der Waals surface area contributed by atoms with Crippen LogP contribution in [-0.4, -0.2) is 7.05 Å². The Kier molecular flexibility index (Phi) is 4.68. The third-order valence-electron chi connectivity index (χ3n) is 3.07. The van der Waals surface area contributed by atoms with E-state index in [1.165, 1.54) is 0 Å². The Morgan fingerprint density at radius 2 is 1.75 bits per heavy atom. The van der Waals surface area contributed by atoms with Crippen LogP contribution in [0.4, 0.5) is 13.2 Å². The van der Waals surface area contributed by atoms with Crippen molar-refractivity contribution in [3.05, 3.63) is 70.0 Å². The molecular weight excluding hydrogens is 287 g/mol. The summed E-state index contributed by atoms with van der Waals surface area (Å²) in [5.41, 5.74) is 0.661. The second-order valence-corrected chi connectivity index (χ2v) is 4.89. The summed E-state index contributed by atoms with van der Waals surface area (Å²) in [5, 5.41) is 3.40. The van der Waals surface area contributed by atoms with Crippen molar-refractivity contribution >= 4 is 11.6 Å². The molecule has 0 aliphatic rings. The minimum Gasteiger partial charge on any atom is -0.313 e. The number of nitrogens with one attached hydrogen (secondary N) is 1. The van der Waals surface area contributed by atoms with E-state index in [1.807, 2.05) is 6.07 Å². The van der Waals surface area contributed by atoms with E-state index >= 15 is 0 Å². The molecule has 2 rings (SSSR count). The summed E-state index contributed by atoms with van der Waals surface area (Å²) in [7, 11) is 1.59. The maximum atomic E-state index is 13.8. The fourth-order valence-electron chi connectivity index (χ4n) is 2.13. The molecule has 0 aliphatic carbocycles. The molecule has 1 N–H and O–H groups in total. The molecule has 0 bridgehead atoms. The van der Waals surface area contributed by atoms with Crippen LogP contribution < -0.4 is 5.32 Å². The summed E-state index contributed by atoms with van der Waals surface area (Å²) in [6.45, 7) is 0. The lowest BCUT2D eigenvalue weighted by Gasteiger charge is -2.18. The molecule has 0 aromatic heterocycles. The minimum absolute atomic E-state index is 0.172. The Labute approximate surface area is 120 Å². The Morgan fingerprint density at radius 1 is 1.10 bits per heavy atom. The lowest BCUT2D eigenvalue weighted by Crippen LogP contribution is -2.21. The highest BCUT2D eigenvalue weighted by atomic mass is 35.5. The molecule has 0 saturated heterocycles. The van der Waals surface area contributed by atoms with Crippen molar-refractivity contribution in [1.29, 1.82) is 0 Å². The quantitative estimate of drug-likeness (QED) is 0.889. The molecule has 106 valence electrons. The molecule has 1 atom stereocenters. The van der Waals surface area contributed by atoms with Crippen LogP contribution in [0.2, 0.25) is 5.02 Å². The van der Waals surface area contributed by atoms with Gasteiger partial charge in [0.1, 0.15) is 17.5 Å². The Balaban J connectivity index is 2.34. The minimum atomic E-state index is -0.929. The molecule has 0 fully saturated rings. The Morgan fingerprint density at radius 3 is 2.30 bits per heavy atom. The molecule has 0 radical (unpaired) electrons. The molecule has 0 heterocycles. The summed E-state index contributed by atoms with van der Waals surface area (Å²) in [6.07, 6.45) is 0.344. The van der Waals surface area contributed by atoms with E-state index in [4.69, 9.17) is 11.6 Å². The molecule has 1 unspecified atom stereocenters. The van der Waals surface area contributed by atoms with E-state index in [2.05, 4.69) is 5.32 Å². The second-order valence-electron chi connectivity index (χ2n) is 4.46. The Hall–Kier alpha value is -1.52. The van der Waals surface area contributed by atoms with Crippen molar-refractivity contribution in [1.82, 2.24) is 5.32 Å². The van der Waals surface area contributed by atoms with Gasteiger partial charge in [-0.3, -0.25) is 0 Å². The monoisotopic (exact) mass is 299 g/mol. The van der Waals surface area contributed by atoms with Gasteiger partial charge < -0.3 is 5.32 Å². The lowest BCUT2D eigenvalue weighted by atomic mass is 9.98. The van der Waals surface area contributed by atoms with Gasteiger partial charge in [-0.15, -0.1) is 0 Å². The SMILES string of the molecule is CNC(Cc1cccc(Cl)c1)c1c(F)cc(F)cc1F. The molecular formula is C15H13ClF3N. The van der Waals surface area contributed by atoms with Gasteiger partial charge in [-0.05, 0) is 31.2 Å². The fourth-order valence-corrected chi connectivity index (χ4v) is 2.35. The van der Waals surface area contributed by atoms with Gasteiger partial charge in [0.15, 0.2) is 0 Å². The summed E-state index contributed by atoms with van der Waals surface area (Å²) in [4.78, 5) is 0. The van der Waals surface area contributed by atoms with Crippen molar-refractivity contribution in [2.24, 2.45) is 0 Å². The molecule has 0 spiro atoms. The molecule has 1 nitrogen and oxygen atoms in total. The van der Waals surface area contributed by atoms with Crippen LogP contribution in [0.5, 0.6) is 0 Å². The molecule has 20 heavy (non-hydrogen) atoms. The highest BCUT2D eigenvalue weighted by Gasteiger charge is 2.20. The van der Waals surface area contributed by atoms with E-state index in [1.54, 1.807) is 25.2 Å². The van der Waals surface area contributed by atoms with Crippen LogP contribution in [0, 0.1) is 17.5 Å². The number of hydrogen-bond acceptors (Lipinski definition) is 1. The summed E-state index contributed by atoms with van der Waals surface area (Å²) < 4.78 is 40.5. The zero-order chi connectivity index (χ0) is 14.7. The van der Waals surface area contributed by atoms with Gasteiger partial charge in [-0.1, -0.05) is 23.7 Å². The predicted octanol–water partition coefficient (Wildman–Crippen LogP) is 4.26. The van der Waals surface area contributed by atoms with E-state index < -0.39 is 23.5 Å². The molecule has 2 aromatic rings. The zero-order valence-corrected chi connectivity index (χ0v) is 11.5. The van der Waals surface area contributed by atoms with Crippen LogP contribution in [-0.2, 0) is 6.42 Å². The largest absolute Gasteiger partial charge is 0.313 e. The maximum absolute atomic E-state index is 13.8. The van der Waals surface area contributed by atoms with E-state index in [0.29, 0.717) is 23.6 Å². The van der Waals surface area contributed by atoms with E-state index in [-0.39, 0.29) is 5.56 Å². The molecule has 0 aliphatic heterocycles. The third kappa shape index (κ3) is 3.32. The van der Waals surface area contributed by atoms with Gasteiger partial charge in [0.05, 0.1) is 0 Å². The van der Waals surface area contributed by atoms with Crippen molar-refractivity contribution in [3.8, 4) is 0 Å². The summed E-state index contributed by atoms with van der Waals surface area (Å²) in [6, 6.07) is 7.79. The summed E-state index contributed by atoms with van der Waals surface area (Å²) >= 11 is 5.88. The first-order valence-corrected chi connectivity index (χ1v) is 6.45. The first-order chi connectivity index (χ1) is 9.51. The van der Waals surface area contributed by atoms with Crippen LogP contribution in [0.3, 0.4) is 0 Å². The number of rotatable bonds is 4. The average Bonchev–Trinajstić information content (AvgIpc) is 2.36. The molecule has 2 aromatic carbocycles. The van der Waals surface area contributed by atoms with Gasteiger partial charge in [-0.2, -0.15) is 0 Å². The second kappa shape index (κ2) is 6.29. The van der Waals surface area contributed by atoms with Crippen molar-refractivity contribution in [3.63, 3.8) is 0 Å². The highest BCUT2D eigenvalue weighted by molar-refractivity contribution is 6.30. The molecule has 5 heteroatoms. The third-order valence-corrected chi connectivity index (χ3v) is 3.30. The average molecular weight is 300 g/mol. The number of likely N-dealkylation sites (N-methyl/N-ethyl adjacent to an activating group) is 1. The van der Waals surface area contributed by atoms with Crippen LogP contribution in [0.15, 0.2) is 36.4 Å². The van der Waals surface area contributed by atoms with Crippen molar-refractivity contribution < 1.29 is 13.2 Å².